The third-order valence-corrected chi connectivity index (χ3v) is 17.6. The minimum atomic E-state index is -4.95. The van der Waals surface area contributed by atoms with Gasteiger partial charge in [-0.15, -0.1) is 0 Å². The SMILES string of the molecule is CCCCCCCCCCCC(=O)OC[C@H](COP(=O)(O)OC[C@H](O)COP(=O)(O)OC[C@@H](COC(=O)CCCCCCCCCCC(C)CC)OC(=O)CCCCCCCCCCCCCCCC(C)C)OC(=O)CCCCCCCCC(C)C. The van der Waals surface area contributed by atoms with E-state index < -0.39 is 97.5 Å². The zero-order valence-corrected chi connectivity index (χ0v) is 57.6. The second-order valence-electron chi connectivity index (χ2n) is 25.4. The largest absolute Gasteiger partial charge is 0.472 e. The monoisotopic (exact) mass is 1270 g/mol. The first-order valence-corrected chi connectivity index (χ1v) is 37.9. The molecule has 0 fully saturated rings. The molecule has 0 amide bonds. The molecule has 0 aromatic carbocycles. The van der Waals surface area contributed by atoms with Gasteiger partial charge in [0.25, 0.3) is 0 Å². The minimum Gasteiger partial charge on any atom is -0.462 e. The van der Waals surface area contributed by atoms with Crippen molar-refractivity contribution in [2.45, 2.75) is 349 Å². The molecule has 0 spiro atoms. The Morgan fingerprint density at radius 3 is 0.884 bits per heavy atom. The van der Waals surface area contributed by atoms with E-state index in [0.29, 0.717) is 31.6 Å². The topological polar surface area (TPSA) is 237 Å². The van der Waals surface area contributed by atoms with Gasteiger partial charge in [0.15, 0.2) is 12.2 Å². The normalized spacial score (nSPS) is 14.6. The molecule has 0 aromatic rings. The summed E-state index contributed by atoms with van der Waals surface area (Å²) in [5.74, 6) is 0.0976. The number of ether oxygens (including phenoxy) is 4. The molecule has 3 unspecified atom stereocenters. The standard InChI is InChI=1S/C67H130O17P2/c1-8-10-11-12-13-19-26-34-41-48-64(69)77-55-63(84-67(72)51-44-37-30-29-32-39-46-59(5)6)57-82-86(75,76)80-53-61(68)52-79-85(73,74)81-56-62(54-78-65(70)49-42-35-27-23-22-25-33-40-47-60(7)9-2)83-66(71)50-43-36-28-21-18-16-14-15-17-20-24-31-38-45-58(3)4/h58-63,68H,8-57H2,1-7H3,(H,73,74)(H,75,76)/t60?,61-,62-,63-/m1/s1. The zero-order chi connectivity index (χ0) is 63.8. The number of carbonyl (C=O) groups is 4. The Kier molecular flexibility index (Phi) is 56.9. The molecule has 0 rings (SSSR count). The van der Waals surface area contributed by atoms with Gasteiger partial charge in [0.05, 0.1) is 26.4 Å². The lowest BCUT2D eigenvalue weighted by Gasteiger charge is -2.21. The summed E-state index contributed by atoms with van der Waals surface area (Å²) in [6, 6.07) is 0. The summed E-state index contributed by atoms with van der Waals surface area (Å²) >= 11 is 0. The van der Waals surface area contributed by atoms with E-state index in [9.17, 15) is 43.2 Å². The van der Waals surface area contributed by atoms with Crippen LogP contribution in [0.25, 0.3) is 0 Å². The molecule has 19 heteroatoms. The number of phosphoric ester groups is 2. The quantitative estimate of drug-likeness (QED) is 0.0222. The summed E-state index contributed by atoms with van der Waals surface area (Å²) in [6.45, 7) is 11.7. The highest BCUT2D eigenvalue weighted by atomic mass is 31.2. The Bertz CT molecular complexity index is 1700. The second kappa shape index (κ2) is 58.2. The lowest BCUT2D eigenvalue weighted by Crippen LogP contribution is -2.30. The van der Waals surface area contributed by atoms with Crippen LogP contribution in [0.2, 0.25) is 0 Å². The number of rotatable bonds is 65. The first-order valence-electron chi connectivity index (χ1n) is 34.9. The summed E-state index contributed by atoms with van der Waals surface area (Å²) in [6.07, 6.45) is 40.4. The van der Waals surface area contributed by atoms with Gasteiger partial charge in [-0.2, -0.15) is 0 Å². The molecular weight excluding hydrogens is 1140 g/mol. The number of hydrogen-bond acceptors (Lipinski definition) is 15. The van der Waals surface area contributed by atoms with Crippen molar-refractivity contribution in [2.24, 2.45) is 17.8 Å². The van der Waals surface area contributed by atoms with Gasteiger partial charge in [-0.1, -0.05) is 280 Å². The maximum Gasteiger partial charge on any atom is 0.472 e. The third-order valence-electron chi connectivity index (χ3n) is 15.7. The van der Waals surface area contributed by atoms with Crippen LogP contribution in [0, 0.1) is 17.8 Å². The molecule has 0 aliphatic heterocycles. The van der Waals surface area contributed by atoms with Crippen LogP contribution in [0.5, 0.6) is 0 Å². The fraction of sp³-hybridized carbons (Fsp3) is 0.940. The first-order chi connectivity index (χ1) is 41.3. The Balaban J connectivity index is 5.23. The molecule has 0 bridgehead atoms. The Labute approximate surface area is 524 Å². The third kappa shape index (κ3) is 59.7. The minimum absolute atomic E-state index is 0.102. The Hall–Kier alpha value is -1.94. The molecule has 0 aliphatic rings. The molecule has 0 radical (unpaired) electrons. The summed E-state index contributed by atoms with van der Waals surface area (Å²) in [5.41, 5.74) is 0. The van der Waals surface area contributed by atoms with Crippen molar-refractivity contribution in [3.8, 4) is 0 Å². The highest BCUT2D eigenvalue weighted by Crippen LogP contribution is 2.45. The van der Waals surface area contributed by atoms with Crippen LogP contribution in [-0.2, 0) is 65.4 Å². The maximum atomic E-state index is 13.0. The van der Waals surface area contributed by atoms with Gasteiger partial charge < -0.3 is 33.8 Å². The molecule has 0 aromatic heterocycles. The van der Waals surface area contributed by atoms with Crippen LogP contribution >= 0.6 is 15.6 Å². The van der Waals surface area contributed by atoms with E-state index in [2.05, 4.69) is 48.5 Å². The molecule has 0 saturated heterocycles. The highest BCUT2D eigenvalue weighted by Gasteiger charge is 2.30. The number of phosphoric acid groups is 2. The predicted octanol–water partition coefficient (Wildman–Crippen LogP) is 18.7. The molecular formula is C67H130O17P2. The molecule has 510 valence electrons. The first kappa shape index (κ1) is 84.1. The van der Waals surface area contributed by atoms with Crippen LogP contribution in [0.4, 0.5) is 0 Å². The number of unbranched alkanes of at least 4 members (excludes halogenated alkanes) is 32. The zero-order valence-electron chi connectivity index (χ0n) is 55.8. The highest BCUT2D eigenvalue weighted by molar-refractivity contribution is 7.47. The number of carbonyl (C=O) groups excluding carboxylic acids is 4. The van der Waals surface area contributed by atoms with Gasteiger partial charge in [-0.3, -0.25) is 37.3 Å². The maximum absolute atomic E-state index is 13.0. The van der Waals surface area contributed by atoms with Gasteiger partial charge in [0, 0.05) is 25.7 Å². The molecule has 0 saturated carbocycles. The Morgan fingerprint density at radius 1 is 0.337 bits per heavy atom. The molecule has 6 atom stereocenters. The number of aliphatic hydroxyl groups is 1. The van der Waals surface area contributed by atoms with Crippen LogP contribution < -0.4 is 0 Å². The average Bonchev–Trinajstić information content (AvgIpc) is 3.66. The van der Waals surface area contributed by atoms with E-state index in [1.54, 1.807) is 0 Å². The van der Waals surface area contributed by atoms with E-state index in [0.717, 1.165) is 102 Å². The van der Waals surface area contributed by atoms with E-state index in [-0.39, 0.29) is 25.7 Å². The van der Waals surface area contributed by atoms with Crippen molar-refractivity contribution in [1.29, 1.82) is 0 Å². The van der Waals surface area contributed by atoms with Crippen molar-refractivity contribution in [2.75, 3.05) is 39.6 Å². The van der Waals surface area contributed by atoms with Crippen LogP contribution in [0.1, 0.15) is 331 Å². The smallest absolute Gasteiger partial charge is 0.462 e. The van der Waals surface area contributed by atoms with E-state index in [4.69, 9.17) is 37.0 Å². The molecule has 17 nitrogen and oxygen atoms in total. The number of hydrogen-bond donors (Lipinski definition) is 3. The number of aliphatic hydroxyl groups excluding tert-OH is 1. The fourth-order valence-electron chi connectivity index (χ4n) is 9.98. The van der Waals surface area contributed by atoms with Gasteiger partial charge in [0.1, 0.15) is 19.3 Å². The van der Waals surface area contributed by atoms with E-state index >= 15 is 0 Å². The summed E-state index contributed by atoms with van der Waals surface area (Å²) in [5, 5.41) is 10.6. The summed E-state index contributed by atoms with van der Waals surface area (Å²) < 4.78 is 68.1. The fourth-order valence-corrected chi connectivity index (χ4v) is 11.6. The predicted molar refractivity (Wildman–Crippen MR) is 344 cm³/mol. The molecule has 0 aliphatic carbocycles. The van der Waals surface area contributed by atoms with Crippen molar-refractivity contribution in [3.05, 3.63) is 0 Å². The van der Waals surface area contributed by atoms with Crippen LogP contribution in [0.15, 0.2) is 0 Å². The van der Waals surface area contributed by atoms with Crippen molar-refractivity contribution in [1.82, 2.24) is 0 Å². The van der Waals surface area contributed by atoms with E-state index in [1.807, 2.05) is 0 Å². The lowest BCUT2D eigenvalue weighted by molar-refractivity contribution is -0.161. The molecule has 0 heterocycles. The van der Waals surface area contributed by atoms with Gasteiger partial charge >= 0.3 is 39.5 Å². The second-order valence-corrected chi connectivity index (χ2v) is 28.3. The molecule has 86 heavy (non-hydrogen) atoms. The average molecular weight is 1270 g/mol. The Morgan fingerprint density at radius 2 is 0.593 bits per heavy atom. The summed E-state index contributed by atoms with van der Waals surface area (Å²) in [7, 11) is -9.89. The van der Waals surface area contributed by atoms with Crippen molar-refractivity contribution >= 4 is 39.5 Å². The van der Waals surface area contributed by atoms with Crippen LogP contribution in [0.3, 0.4) is 0 Å². The van der Waals surface area contributed by atoms with Gasteiger partial charge in [-0.05, 0) is 43.4 Å². The lowest BCUT2D eigenvalue weighted by atomic mass is 9.99. The van der Waals surface area contributed by atoms with Crippen molar-refractivity contribution < 1.29 is 80.2 Å². The van der Waals surface area contributed by atoms with Gasteiger partial charge in [-0.25, -0.2) is 9.13 Å². The van der Waals surface area contributed by atoms with Gasteiger partial charge in [0.2, 0.25) is 0 Å². The molecule has 3 N–H and O–H groups in total. The van der Waals surface area contributed by atoms with Crippen LogP contribution in [-0.4, -0.2) is 96.7 Å². The van der Waals surface area contributed by atoms with Crippen molar-refractivity contribution in [3.63, 3.8) is 0 Å². The number of esters is 4. The summed E-state index contributed by atoms with van der Waals surface area (Å²) in [4.78, 5) is 72.3. The van der Waals surface area contributed by atoms with E-state index in [1.165, 1.54) is 141 Å².